The lowest BCUT2D eigenvalue weighted by atomic mass is 10.1. The molecule has 0 aliphatic carbocycles. The first kappa shape index (κ1) is 15.5. The van der Waals surface area contributed by atoms with Gasteiger partial charge in [0.2, 0.25) is 5.91 Å². The van der Waals surface area contributed by atoms with E-state index in [1.165, 1.54) is 30.8 Å². The average molecular weight is 308 g/mol. The van der Waals surface area contributed by atoms with Gasteiger partial charge in [0.25, 0.3) is 5.69 Å². The summed E-state index contributed by atoms with van der Waals surface area (Å²) in [4.78, 5) is 35.0. The summed E-state index contributed by atoms with van der Waals surface area (Å²) in [5, 5.41) is 10.8. The predicted molar refractivity (Wildman–Crippen MR) is 81.4 cm³/mol. The molecule has 1 aromatic rings. The van der Waals surface area contributed by atoms with E-state index in [-0.39, 0.29) is 22.6 Å². The van der Waals surface area contributed by atoms with Crippen LogP contribution in [-0.2, 0) is 9.59 Å². The maximum Gasteiger partial charge on any atom is 0.269 e. The number of carbonyl (C=O) groups excluding carboxylic acids is 2. The van der Waals surface area contributed by atoms with Gasteiger partial charge in [-0.25, -0.2) is 0 Å². The van der Waals surface area contributed by atoms with Gasteiger partial charge >= 0.3 is 0 Å². The highest BCUT2D eigenvalue weighted by Crippen LogP contribution is 2.31. The fraction of sp³-hybridized carbons (Fsp3) is 0.429. The van der Waals surface area contributed by atoms with Gasteiger partial charge < -0.3 is 4.90 Å². The Morgan fingerprint density at radius 3 is 2.81 bits per heavy atom. The number of nitro benzene ring substituents is 1. The second kappa shape index (κ2) is 6.26. The number of benzene rings is 1. The van der Waals surface area contributed by atoms with Gasteiger partial charge in [0.05, 0.1) is 4.92 Å². The van der Waals surface area contributed by atoms with Crippen LogP contribution in [0.4, 0.5) is 11.4 Å². The number of hydrogen-bond acceptors (Lipinski definition) is 5. The molecule has 1 aliphatic rings. The van der Waals surface area contributed by atoms with Crippen LogP contribution in [0.1, 0.15) is 18.9 Å². The molecule has 1 aromatic carbocycles. The second-order valence-electron chi connectivity index (χ2n) is 5.10. The van der Waals surface area contributed by atoms with E-state index in [1.807, 2.05) is 0 Å². The van der Waals surface area contributed by atoms with Crippen molar-refractivity contribution < 1.29 is 14.5 Å². The Morgan fingerprint density at radius 1 is 1.52 bits per heavy atom. The maximum absolute atomic E-state index is 12.1. The van der Waals surface area contributed by atoms with Crippen molar-refractivity contribution in [1.82, 2.24) is 0 Å². The first-order valence-corrected chi connectivity index (χ1v) is 7.56. The van der Waals surface area contributed by atoms with Gasteiger partial charge in [0, 0.05) is 43.5 Å². The van der Waals surface area contributed by atoms with Crippen LogP contribution in [0.3, 0.4) is 0 Å². The molecular weight excluding hydrogens is 292 g/mol. The summed E-state index contributed by atoms with van der Waals surface area (Å²) in [5.74, 6) is 0.769. The molecule has 2 rings (SSSR count). The number of carbonyl (C=O) groups is 2. The Balaban J connectivity index is 2.13. The number of rotatable bonds is 4. The quantitative estimate of drug-likeness (QED) is 0.630. The van der Waals surface area contributed by atoms with E-state index >= 15 is 0 Å². The molecule has 0 radical (unpaired) electrons. The molecule has 1 atom stereocenters. The van der Waals surface area contributed by atoms with Crippen molar-refractivity contribution >= 4 is 34.2 Å². The van der Waals surface area contributed by atoms with Gasteiger partial charge in [0.15, 0.2) is 5.12 Å². The van der Waals surface area contributed by atoms with Crippen LogP contribution in [0, 0.1) is 23.0 Å². The minimum absolute atomic E-state index is 0.00102. The van der Waals surface area contributed by atoms with E-state index in [4.69, 9.17) is 0 Å². The number of nitro groups is 1. The molecule has 0 aromatic heterocycles. The van der Waals surface area contributed by atoms with E-state index < -0.39 is 4.92 Å². The molecule has 7 heteroatoms. The highest BCUT2D eigenvalue weighted by Gasteiger charge is 2.31. The van der Waals surface area contributed by atoms with Gasteiger partial charge in [-0.1, -0.05) is 11.8 Å². The van der Waals surface area contributed by atoms with Crippen LogP contribution in [0.25, 0.3) is 0 Å². The topological polar surface area (TPSA) is 80.5 Å². The Morgan fingerprint density at radius 2 is 2.24 bits per heavy atom. The molecule has 1 unspecified atom stereocenters. The molecule has 1 heterocycles. The largest absolute Gasteiger partial charge is 0.312 e. The third-order valence-corrected chi connectivity index (χ3v) is 4.45. The number of hydrogen-bond donors (Lipinski definition) is 0. The Hall–Kier alpha value is -1.89. The summed E-state index contributed by atoms with van der Waals surface area (Å²) in [6, 6.07) is 4.50. The molecule has 1 aliphatic heterocycles. The number of aryl methyl sites for hydroxylation is 1. The highest BCUT2D eigenvalue weighted by atomic mass is 32.2. The van der Waals surface area contributed by atoms with Crippen molar-refractivity contribution in [3.8, 4) is 0 Å². The van der Waals surface area contributed by atoms with Crippen molar-refractivity contribution in [3.63, 3.8) is 0 Å². The standard InChI is InChI=1S/C14H16N2O4S/c1-9-5-12(16(19)20)3-4-13(9)15-7-11(6-14(15)18)8-21-10(2)17/h3-5,11H,6-8H2,1-2H3. The van der Waals surface area contributed by atoms with Gasteiger partial charge in [-0.2, -0.15) is 0 Å². The normalized spacial score (nSPS) is 18.1. The third kappa shape index (κ3) is 3.60. The number of nitrogens with zero attached hydrogens (tertiary/aromatic N) is 2. The van der Waals surface area contributed by atoms with Crippen LogP contribution in [0.5, 0.6) is 0 Å². The molecule has 0 bridgehead atoms. The van der Waals surface area contributed by atoms with E-state index in [9.17, 15) is 19.7 Å². The lowest BCUT2D eigenvalue weighted by molar-refractivity contribution is -0.384. The number of anilines is 1. The highest BCUT2D eigenvalue weighted by molar-refractivity contribution is 8.13. The summed E-state index contributed by atoms with van der Waals surface area (Å²) in [5.41, 5.74) is 1.44. The molecule has 0 saturated carbocycles. The predicted octanol–water partition coefficient (Wildman–Crippen LogP) is 2.54. The molecule has 1 fully saturated rings. The fourth-order valence-electron chi connectivity index (χ4n) is 2.42. The fourth-order valence-corrected chi connectivity index (χ4v) is 3.11. The van der Waals surface area contributed by atoms with Crippen molar-refractivity contribution in [2.24, 2.45) is 5.92 Å². The Labute approximate surface area is 126 Å². The third-order valence-electron chi connectivity index (χ3n) is 3.41. The molecule has 0 N–H and O–H groups in total. The van der Waals surface area contributed by atoms with Crippen LogP contribution in [0.2, 0.25) is 0 Å². The molecule has 1 saturated heterocycles. The van der Waals surface area contributed by atoms with Crippen LogP contribution < -0.4 is 4.90 Å². The summed E-state index contributed by atoms with van der Waals surface area (Å²) in [6.45, 7) is 3.82. The van der Waals surface area contributed by atoms with Crippen molar-refractivity contribution in [2.75, 3.05) is 17.2 Å². The lowest BCUT2D eigenvalue weighted by Gasteiger charge is -2.18. The number of non-ortho nitro benzene ring substituents is 1. The van der Waals surface area contributed by atoms with Gasteiger partial charge in [-0.15, -0.1) is 0 Å². The molecule has 1 amide bonds. The van der Waals surface area contributed by atoms with Crippen molar-refractivity contribution in [1.29, 1.82) is 0 Å². The molecule has 21 heavy (non-hydrogen) atoms. The van der Waals surface area contributed by atoms with E-state index in [0.29, 0.717) is 30.0 Å². The first-order valence-electron chi connectivity index (χ1n) is 6.57. The molecular formula is C14H16N2O4S. The van der Waals surface area contributed by atoms with Crippen molar-refractivity contribution in [3.05, 3.63) is 33.9 Å². The molecule has 6 nitrogen and oxygen atoms in total. The zero-order chi connectivity index (χ0) is 15.6. The summed E-state index contributed by atoms with van der Waals surface area (Å²) in [7, 11) is 0. The summed E-state index contributed by atoms with van der Waals surface area (Å²) < 4.78 is 0. The summed E-state index contributed by atoms with van der Waals surface area (Å²) >= 11 is 1.23. The SMILES string of the molecule is CC(=O)SCC1CC(=O)N(c2ccc([N+](=O)[O-])cc2C)C1. The molecule has 0 spiro atoms. The first-order chi connectivity index (χ1) is 9.88. The Bertz CT molecular complexity index is 603. The van der Waals surface area contributed by atoms with E-state index in [0.717, 1.165) is 0 Å². The van der Waals surface area contributed by atoms with Crippen LogP contribution in [0.15, 0.2) is 18.2 Å². The maximum atomic E-state index is 12.1. The minimum Gasteiger partial charge on any atom is -0.312 e. The number of amides is 1. The van der Waals surface area contributed by atoms with Gasteiger partial charge in [-0.3, -0.25) is 19.7 Å². The average Bonchev–Trinajstić information content (AvgIpc) is 2.77. The summed E-state index contributed by atoms with van der Waals surface area (Å²) in [6.07, 6.45) is 0.413. The van der Waals surface area contributed by atoms with Gasteiger partial charge in [0.1, 0.15) is 0 Å². The van der Waals surface area contributed by atoms with E-state index in [1.54, 1.807) is 17.9 Å². The second-order valence-corrected chi connectivity index (χ2v) is 6.30. The van der Waals surface area contributed by atoms with Crippen LogP contribution in [-0.4, -0.2) is 28.2 Å². The smallest absolute Gasteiger partial charge is 0.269 e. The monoisotopic (exact) mass is 308 g/mol. The van der Waals surface area contributed by atoms with Gasteiger partial charge in [-0.05, 0) is 24.5 Å². The molecule has 112 valence electrons. The van der Waals surface area contributed by atoms with E-state index in [2.05, 4.69) is 0 Å². The zero-order valence-electron chi connectivity index (χ0n) is 11.9. The van der Waals surface area contributed by atoms with Crippen molar-refractivity contribution in [2.45, 2.75) is 20.3 Å². The van der Waals surface area contributed by atoms with Crippen LogP contribution >= 0.6 is 11.8 Å². The minimum atomic E-state index is -0.450. The number of thioether (sulfide) groups is 1. The zero-order valence-corrected chi connectivity index (χ0v) is 12.7. The lowest BCUT2D eigenvalue weighted by Crippen LogP contribution is -2.25. The Kier molecular flexibility index (Phi) is 4.62.